The molecular weight excluding hydrogens is 381 g/mol. The molecule has 0 unspecified atom stereocenters. The van der Waals surface area contributed by atoms with Crippen molar-refractivity contribution in [3.63, 3.8) is 0 Å². The second-order valence-electron chi connectivity index (χ2n) is 6.11. The van der Waals surface area contributed by atoms with Crippen LogP contribution in [-0.4, -0.2) is 20.9 Å². The van der Waals surface area contributed by atoms with Gasteiger partial charge in [0.15, 0.2) is 0 Å². The van der Waals surface area contributed by atoms with Gasteiger partial charge >= 0.3 is 6.18 Å². The van der Waals surface area contributed by atoms with Crippen LogP contribution in [-0.2, 0) is 27.4 Å². The van der Waals surface area contributed by atoms with E-state index in [-0.39, 0.29) is 11.6 Å². The van der Waals surface area contributed by atoms with Gasteiger partial charge in [0.25, 0.3) is 10.0 Å². The molecule has 27 heavy (non-hydrogen) atoms. The summed E-state index contributed by atoms with van der Waals surface area (Å²) in [5, 5.41) is 0. The predicted molar refractivity (Wildman–Crippen MR) is 95.0 cm³/mol. The number of hydrogen-bond acceptors (Lipinski definition) is 3. The van der Waals surface area contributed by atoms with Crippen molar-refractivity contribution in [3.05, 3.63) is 53.6 Å². The average Bonchev–Trinajstić information content (AvgIpc) is 2.61. The first kappa shape index (κ1) is 19.2. The molecule has 1 N–H and O–H groups in total. The van der Waals surface area contributed by atoms with Crippen LogP contribution in [0.2, 0.25) is 0 Å². The summed E-state index contributed by atoms with van der Waals surface area (Å²) in [6, 6.07) is 8.30. The first-order valence-electron chi connectivity index (χ1n) is 8.25. The van der Waals surface area contributed by atoms with E-state index in [1.165, 1.54) is 6.07 Å². The second-order valence-corrected chi connectivity index (χ2v) is 7.79. The van der Waals surface area contributed by atoms with Crippen LogP contribution in [0.15, 0.2) is 47.4 Å². The quantitative estimate of drug-likeness (QED) is 0.852. The minimum Gasteiger partial charge on any atom is -0.312 e. The van der Waals surface area contributed by atoms with Gasteiger partial charge in [-0.3, -0.25) is 9.52 Å². The number of alkyl halides is 3. The summed E-state index contributed by atoms with van der Waals surface area (Å²) in [6.07, 6.45) is -3.83. The zero-order valence-electron chi connectivity index (χ0n) is 14.4. The van der Waals surface area contributed by atoms with Gasteiger partial charge in [0.05, 0.1) is 10.5 Å². The number of aryl methyl sites for hydroxylation is 1. The number of carbonyl (C=O) groups is 1. The summed E-state index contributed by atoms with van der Waals surface area (Å²) in [5.74, 6) is 0.00213. The van der Waals surface area contributed by atoms with E-state index in [0.717, 1.165) is 29.4 Å². The number of anilines is 2. The van der Waals surface area contributed by atoms with Gasteiger partial charge in [-0.05, 0) is 55.3 Å². The van der Waals surface area contributed by atoms with Crippen LogP contribution in [0.4, 0.5) is 24.5 Å². The summed E-state index contributed by atoms with van der Waals surface area (Å²) < 4.78 is 65.7. The second kappa shape index (κ2) is 6.88. The Bertz CT molecular complexity index is 988. The van der Waals surface area contributed by atoms with Gasteiger partial charge in [0.1, 0.15) is 0 Å². The van der Waals surface area contributed by atoms with Crippen molar-refractivity contribution in [3.8, 4) is 0 Å². The predicted octanol–water partition coefficient (Wildman–Crippen LogP) is 3.81. The minimum absolute atomic E-state index is 0.00213. The maximum Gasteiger partial charge on any atom is 0.416 e. The third-order valence-corrected chi connectivity index (χ3v) is 5.70. The highest BCUT2D eigenvalue weighted by atomic mass is 32.2. The molecule has 5 nitrogen and oxygen atoms in total. The number of hydrogen-bond donors (Lipinski definition) is 1. The minimum atomic E-state index is -4.63. The van der Waals surface area contributed by atoms with Crippen LogP contribution in [0.25, 0.3) is 0 Å². The summed E-state index contributed by atoms with van der Waals surface area (Å²) >= 11 is 0. The molecule has 1 aliphatic rings. The first-order chi connectivity index (χ1) is 12.6. The lowest BCUT2D eigenvalue weighted by molar-refractivity contribution is -0.137. The van der Waals surface area contributed by atoms with Crippen LogP contribution in [0.3, 0.4) is 0 Å². The lowest BCUT2D eigenvalue weighted by Gasteiger charge is -2.28. The van der Waals surface area contributed by atoms with Crippen LogP contribution >= 0.6 is 0 Å². The molecule has 1 aliphatic heterocycles. The lowest BCUT2D eigenvalue weighted by Crippen LogP contribution is -2.34. The molecule has 9 heteroatoms. The van der Waals surface area contributed by atoms with Gasteiger partial charge < -0.3 is 4.90 Å². The normalized spacial score (nSPS) is 14.8. The average molecular weight is 398 g/mol. The zero-order chi connectivity index (χ0) is 19.8. The van der Waals surface area contributed by atoms with E-state index < -0.39 is 26.7 Å². The number of fused-ring (bicyclic) bond motifs is 1. The molecule has 0 aliphatic carbocycles. The Balaban J connectivity index is 1.90. The highest BCUT2D eigenvalue weighted by Gasteiger charge is 2.31. The fourth-order valence-corrected chi connectivity index (χ4v) is 4.12. The number of amides is 1. The monoisotopic (exact) mass is 398 g/mol. The molecule has 144 valence electrons. The third-order valence-electron chi connectivity index (χ3n) is 4.32. The Kier molecular flexibility index (Phi) is 4.90. The van der Waals surface area contributed by atoms with Crippen LogP contribution in [0, 0.1) is 0 Å². The number of halogens is 3. The molecule has 0 aromatic heterocycles. The van der Waals surface area contributed by atoms with E-state index in [9.17, 15) is 26.4 Å². The number of nitrogens with one attached hydrogen (secondary N) is 1. The Hall–Kier alpha value is -2.55. The smallest absolute Gasteiger partial charge is 0.312 e. The van der Waals surface area contributed by atoms with E-state index in [2.05, 4.69) is 4.72 Å². The van der Waals surface area contributed by atoms with Gasteiger partial charge in [-0.2, -0.15) is 13.2 Å². The van der Waals surface area contributed by atoms with Crippen molar-refractivity contribution in [1.82, 2.24) is 0 Å². The van der Waals surface area contributed by atoms with Crippen LogP contribution < -0.4 is 9.62 Å². The fraction of sp³-hybridized carbons (Fsp3) is 0.278. The highest BCUT2D eigenvalue weighted by molar-refractivity contribution is 7.92. The maximum atomic E-state index is 12.8. The molecule has 1 heterocycles. The van der Waals surface area contributed by atoms with Crippen LogP contribution in [0.1, 0.15) is 24.5 Å². The topological polar surface area (TPSA) is 66.5 Å². The van der Waals surface area contributed by atoms with E-state index in [1.54, 1.807) is 17.0 Å². The van der Waals surface area contributed by atoms with Gasteiger partial charge in [-0.25, -0.2) is 8.42 Å². The van der Waals surface area contributed by atoms with Gasteiger partial charge in [0.2, 0.25) is 5.91 Å². The molecule has 0 spiro atoms. The third kappa shape index (κ3) is 3.92. The highest BCUT2D eigenvalue weighted by Crippen LogP contribution is 2.32. The summed E-state index contributed by atoms with van der Waals surface area (Å²) in [5.41, 5.74) is 0.723. The molecular formula is C18H17F3N2O3S. The summed E-state index contributed by atoms with van der Waals surface area (Å²) in [4.78, 5) is 13.1. The summed E-state index contributed by atoms with van der Waals surface area (Å²) in [7, 11) is -4.18. The Morgan fingerprint density at radius 2 is 1.85 bits per heavy atom. The number of carbonyl (C=O) groups excluding carboxylic acids is 1. The number of benzene rings is 2. The van der Waals surface area contributed by atoms with Crippen molar-refractivity contribution >= 4 is 27.3 Å². The zero-order valence-corrected chi connectivity index (χ0v) is 15.2. The molecule has 0 saturated carbocycles. The van der Waals surface area contributed by atoms with Crippen molar-refractivity contribution in [1.29, 1.82) is 0 Å². The van der Waals surface area contributed by atoms with Gasteiger partial charge in [-0.15, -0.1) is 0 Å². The van der Waals surface area contributed by atoms with Crippen molar-refractivity contribution in [2.45, 2.75) is 30.8 Å². The van der Waals surface area contributed by atoms with Crippen LogP contribution in [0.5, 0.6) is 0 Å². The van der Waals surface area contributed by atoms with E-state index in [4.69, 9.17) is 0 Å². The van der Waals surface area contributed by atoms with Gasteiger partial charge in [0, 0.05) is 24.3 Å². The number of rotatable bonds is 4. The molecule has 2 aromatic rings. The lowest BCUT2D eigenvalue weighted by atomic mass is 10.0. The summed E-state index contributed by atoms with van der Waals surface area (Å²) in [6.45, 7) is 2.35. The molecule has 0 bridgehead atoms. The SMILES string of the molecule is CCN1C(=O)CCc2cc(NS(=O)(=O)c3cccc(C(F)(F)F)c3)ccc21. The molecule has 0 saturated heterocycles. The Morgan fingerprint density at radius 3 is 2.52 bits per heavy atom. The number of sulfonamides is 1. The first-order valence-corrected chi connectivity index (χ1v) is 9.73. The molecule has 1 amide bonds. The standard InChI is InChI=1S/C18H17F3N2O3S/c1-2-23-16-8-7-14(10-12(16)6-9-17(23)24)22-27(25,26)15-5-3-4-13(11-15)18(19,20)21/h3-5,7-8,10-11,22H,2,6,9H2,1H3. The van der Waals surface area contributed by atoms with E-state index in [0.29, 0.717) is 25.5 Å². The van der Waals surface area contributed by atoms with E-state index >= 15 is 0 Å². The van der Waals surface area contributed by atoms with Crippen molar-refractivity contribution in [2.75, 3.05) is 16.2 Å². The Labute approximate surface area is 154 Å². The Morgan fingerprint density at radius 1 is 1.11 bits per heavy atom. The van der Waals surface area contributed by atoms with Crippen molar-refractivity contribution < 1.29 is 26.4 Å². The fourth-order valence-electron chi connectivity index (χ4n) is 3.02. The molecule has 2 aromatic carbocycles. The molecule has 0 atom stereocenters. The molecule has 0 radical (unpaired) electrons. The van der Waals surface area contributed by atoms with Crippen molar-refractivity contribution in [2.24, 2.45) is 0 Å². The molecule has 3 rings (SSSR count). The molecule has 0 fully saturated rings. The van der Waals surface area contributed by atoms with E-state index in [1.807, 2.05) is 6.92 Å². The maximum absolute atomic E-state index is 12.8. The largest absolute Gasteiger partial charge is 0.416 e. The number of nitrogens with zero attached hydrogens (tertiary/aromatic N) is 1. The van der Waals surface area contributed by atoms with Gasteiger partial charge in [-0.1, -0.05) is 6.07 Å².